The van der Waals surface area contributed by atoms with Gasteiger partial charge in [0, 0.05) is 24.6 Å². The zero-order valence-corrected chi connectivity index (χ0v) is 18.6. The maximum Gasteiger partial charge on any atom is 0.122 e. The fourth-order valence-electron chi connectivity index (χ4n) is 4.31. The van der Waals surface area contributed by atoms with Crippen molar-refractivity contribution in [1.82, 2.24) is 15.1 Å². The molecule has 2 aliphatic rings. The van der Waals surface area contributed by atoms with Gasteiger partial charge in [0.15, 0.2) is 0 Å². The maximum absolute atomic E-state index is 4.43. The molecule has 1 unspecified atom stereocenters. The Morgan fingerprint density at radius 2 is 1.55 bits per heavy atom. The standard InChI is InChI=1S/C28H31N3/c1-21-10-9-19-31(22(21)2)20-28(23(3)30(5)24(4)29-28)27-17-15-26(16-18-27)14-13-25-11-7-6-8-12-25/h6-12,15-19,29H,2-4,13-14,20H2,1,5H3. The Morgan fingerprint density at radius 1 is 0.903 bits per heavy atom. The van der Waals surface area contributed by atoms with E-state index in [0.29, 0.717) is 6.54 Å². The summed E-state index contributed by atoms with van der Waals surface area (Å²) in [7, 11) is 2.01. The molecule has 3 nitrogen and oxygen atoms in total. The largest absolute Gasteiger partial charge is 0.356 e. The lowest BCUT2D eigenvalue weighted by Gasteiger charge is -2.38. The lowest BCUT2D eigenvalue weighted by Crippen LogP contribution is -2.46. The molecule has 0 amide bonds. The summed E-state index contributed by atoms with van der Waals surface area (Å²) in [6, 6.07) is 19.6. The Morgan fingerprint density at radius 3 is 2.16 bits per heavy atom. The molecule has 0 radical (unpaired) electrons. The number of nitrogens with one attached hydrogen (secondary N) is 1. The summed E-state index contributed by atoms with van der Waals surface area (Å²) in [5.41, 5.74) is 6.59. The van der Waals surface area contributed by atoms with Crippen molar-refractivity contribution in [3.63, 3.8) is 0 Å². The van der Waals surface area contributed by atoms with E-state index in [-0.39, 0.29) is 0 Å². The van der Waals surface area contributed by atoms with Crippen LogP contribution < -0.4 is 5.32 Å². The van der Waals surface area contributed by atoms with Gasteiger partial charge in [0.2, 0.25) is 0 Å². The molecule has 0 aliphatic carbocycles. The molecule has 0 aromatic heterocycles. The third kappa shape index (κ3) is 3.96. The summed E-state index contributed by atoms with van der Waals surface area (Å²) >= 11 is 0. The fraction of sp³-hybridized carbons (Fsp3) is 0.214. The molecule has 2 aromatic carbocycles. The number of hydrogen-bond donors (Lipinski definition) is 1. The lowest BCUT2D eigenvalue weighted by molar-refractivity contribution is 0.328. The molecule has 0 saturated carbocycles. The van der Waals surface area contributed by atoms with Crippen molar-refractivity contribution in [2.45, 2.75) is 25.3 Å². The molecule has 2 aliphatic heterocycles. The first-order valence-corrected chi connectivity index (χ1v) is 10.8. The highest BCUT2D eigenvalue weighted by Gasteiger charge is 2.45. The predicted octanol–water partition coefficient (Wildman–Crippen LogP) is 5.48. The van der Waals surface area contributed by atoms with Crippen molar-refractivity contribution in [2.75, 3.05) is 13.6 Å². The highest BCUT2D eigenvalue weighted by atomic mass is 15.4. The summed E-state index contributed by atoms with van der Waals surface area (Å²) in [5.74, 6) is 0.858. The van der Waals surface area contributed by atoms with E-state index < -0.39 is 5.54 Å². The Labute approximate surface area is 186 Å². The van der Waals surface area contributed by atoms with Crippen LogP contribution in [0.1, 0.15) is 23.6 Å². The SMILES string of the molecule is C=C1C(C)=CC=CN1CC1(c2ccc(CCc3ccccc3)cc2)NC(=C)N(C)C1=C. The first-order valence-electron chi connectivity index (χ1n) is 10.8. The molecule has 2 aromatic rings. The van der Waals surface area contributed by atoms with Crippen LogP contribution in [0, 0.1) is 0 Å². The maximum atomic E-state index is 4.43. The number of rotatable bonds is 6. The van der Waals surface area contributed by atoms with E-state index in [1.165, 1.54) is 22.3 Å². The molecule has 0 spiro atoms. The van der Waals surface area contributed by atoms with Gasteiger partial charge in [-0.05, 0) is 48.1 Å². The Balaban J connectivity index is 1.59. The van der Waals surface area contributed by atoms with E-state index in [4.69, 9.17) is 0 Å². The molecule has 4 rings (SSSR count). The summed E-state index contributed by atoms with van der Waals surface area (Å²) in [5, 5.41) is 3.64. The van der Waals surface area contributed by atoms with Gasteiger partial charge in [-0.25, -0.2) is 0 Å². The van der Waals surface area contributed by atoms with Gasteiger partial charge in [0.1, 0.15) is 5.54 Å². The van der Waals surface area contributed by atoms with Gasteiger partial charge in [-0.3, -0.25) is 0 Å². The Hall–Kier alpha value is -3.46. The van der Waals surface area contributed by atoms with Crippen molar-refractivity contribution in [2.24, 2.45) is 0 Å². The highest BCUT2D eigenvalue weighted by Crippen LogP contribution is 2.40. The van der Waals surface area contributed by atoms with Crippen LogP contribution in [-0.2, 0) is 18.4 Å². The third-order valence-electron chi connectivity index (χ3n) is 6.47. The van der Waals surface area contributed by atoms with E-state index in [9.17, 15) is 0 Å². The summed E-state index contributed by atoms with van der Waals surface area (Å²) in [6.45, 7) is 15.7. The van der Waals surface area contributed by atoms with E-state index in [1.54, 1.807) is 0 Å². The highest BCUT2D eigenvalue weighted by molar-refractivity contribution is 5.44. The molecule has 1 fully saturated rings. The first kappa shape index (κ1) is 20.8. The molecular weight excluding hydrogens is 378 g/mol. The van der Waals surface area contributed by atoms with E-state index in [2.05, 4.69) is 110 Å². The molecule has 3 heteroatoms. The minimum atomic E-state index is -0.464. The molecule has 1 saturated heterocycles. The second-order valence-electron chi connectivity index (χ2n) is 8.43. The van der Waals surface area contributed by atoms with Crippen LogP contribution in [0.2, 0.25) is 0 Å². The molecule has 1 atom stereocenters. The van der Waals surface area contributed by atoms with Crippen molar-refractivity contribution in [1.29, 1.82) is 0 Å². The molecule has 0 bridgehead atoms. The minimum Gasteiger partial charge on any atom is -0.356 e. The average molecular weight is 410 g/mol. The fourth-order valence-corrected chi connectivity index (χ4v) is 4.31. The lowest BCUT2D eigenvalue weighted by atomic mass is 9.86. The predicted molar refractivity (Wildman–Crippen MR) is 130 cm³/mol. The van der Waals surface area contributed by atoms with Crippen LogP contribution in [0.4, 0.5) is 0 Å². The van der Waals surface area contributed by atoms with Gasteiger partial charge in [-0.1, -0.05) is 80.4 Å². The van der Waals surface area contributed by atoms with E-state index in [0.717, 1.165) is 30.1 Å². The van der Waals surface area contributed by atoms with E-state index >= 15 is 0 Å². The normalized spacial score (nSPS) is 20.8. The molecular formula is C28H31N3. The van der Waals surface area contributed by atoms with Crippen LogP contribution in [0.25, 0.3) is 0 Å². The quantitative estimate of drug-likeness (QED) is 0.682. The molecule has 2 heterocycles. The van der Waals surface area contributed by atoms with Crippen molar-refractivity contribution in [3.8, 4) is 0 Å². The van der Waals surface area contributed by atoms with Gasteiger partial charge in [-0.15, -0.1) is 0 Å². The number of hydrogen-bond acceptors (Lipinski definition) is 3. The average Bonchev–Trinajstić information content (AvgIpc) is 3.01. The summed E-state index contributed by atoms with van der Waals surface area (Å²) in [6.07, 6.45) is 8.31. The zero-order chi connectivity index (χ0) is 22.0. The van der Waals surface area contributed by atoms with Crippen LogP contribution in [0.3, 0.4) is 0 Å². The van der Waals surface area contributed by atoms with Crippen LogP contribution >= 0.6 is 0 Å². The zero-order valence-electron chi connectivity index (χ0n) is 18.6. The Bertz CT molecular complexity index is 1060. The van der Waals surface area contributed by atoms with Crippen LogP contribution in [0.5, 0.6) is 0 Å². The monoisotopic (exact) mass is 409 g/mol. The van der Waals surface area contributed by atoms with Crippen molar-refractivity contribution >= 4 is 0 Å². The van der Waals surface area contributed by atoms with E-state index in [1.807, 2.05) is 11.9 Å². The van der Waals surface area contributed by atoms with Crippen LogP contribution in [0.15, 0.2) is 115 Å². The van der Waals surface area contributed by atoms with Crippen LogP contribution in [-0.4, -0.2) is 23.4 Å². The van der Waals surface area contributed by atoms with Crippen molar-refractivity contribution in [3.05, 3.63) is 132 Å². The molecule has 1 N–H and O–H groups in total. The second-order valence-corrected chi connectivity index (χ2v) is 8.43. The van der Waals surface area contributed by atoms with Gasteiger partial charge in [-0.2, -0.15) is 0 Å². The summed E-state index contributed by atoms with van der Waals surface area (Å²) in [4.78, 5) is 4.24. The third-order valence-corrected chi connectivity index (χ3v) is 6.47. The number of nitrogens with zero attached hydrogens (tertiary/aromatic N) is 2. The van der Waals surface area contributed by atoms with Gasteiger partial charge >= 0.3 is 0 Å². The van der Waals surface area contributed by atoms with Gasteiger partial charge in [0.05, 0.1) is 12.4 Å². The number of aryl methyl sites for hydroxylation is 2. The minimum absolute atomic E-state index is 0.464. The summed E-state index contributed by atoms with van der Waals surface area (Å²) < 4.78 is 0. The first-order chi connectivity index (χ1) is 14.9. The number of benzene rings is 2. The Kier molecular flexibility index (Phi) is 5.60. The van der Waals surface area contributed by atoms with Gasteiger partial charge < -0.3 is 15.1 Å². The second kappa shape index (κ2) is 8.35. The molecule has 31 heavy (non-hydrogen) atoms. The van der Waals surface area contributed by atoms with Crippen molar-refractivity contribution < 1.29 is 0 Å². The topological polar surface area (TPSA) is 18.5 Å². The number of allylic oxidation sites excluding steroid dienone is 3. The molecule has 158 valence electrons. The number of likely N-dealkylation sites (N-methyl/N-ethyl adjacent to an activating group) is 1. The van der Waals surface area contributed by atoms with Gasteiger partial charge in [0.25, 0.3) is 0 Å². The smallest absolute Gasteiger partial charge is 0.122 e.